The van der Waals surface area contributed by atoms with Crippen LogP contribution in [0.2, 0.25) is 5.15 Å². The molecule has 0 unspecified atom stereocenters. The molecule has 2 aromatic rings. The third-order valence-electron chi connectivity index (χ3n) is 2.13. The van der Waals surface area contributed by atoms with E-state index in [9.17, 15) is 0 Å². The van der Waals surface area contributed by atoms with Gasteiger partial charge in [0.1, 0.15) is 11.2 Å². The van der Waals surface area contributed by atoms with Gasteiger partial charge in [-0.3, -0.25) is 0 Å². The number of nitrogens with zero attached hydrogens (tertiary/aromatic N) is 6. The number of aromatic nitrogens is 5. The number of hydrogen-bond donors (Lipinski definition) is 0. The maximum atomic E-state index is 8.87. The molecule has 0 aliphatic carbocycles. The Kier molecular flexibility index (Phi) is 3.36. The van der Waals surface area contributed by atoms with E-state index in [-0.39, 0.29) is 5.15 Å². The topological polar surface area (TPSA) is 80.3 Å². The summed E-state index contributed by atoms with van der Waals surface area (Å²) >= 11 is 8.93. The second-order valence-electron chi connectivity index (χ2n) is 3.27. The summed E-state index contributed by atoms with van der Waals surface area (Å²) in [7, 11) is 0. The summed E-state index contributed by atoms with van der Waals surface area (Å²) in [5, 5.41) is 20.6. The number of tetrazole rings is 1. The molecule has 0 atom stereocenters. The molecule has 86 valence electrons. The molecule has 0 aliphatic rings. The fraction of sp³-hybridized carbons (Fsp3) is 0.222. The number of pyridine rings is 1. The normalized spacial score (nSPS) is 10.2. The van der Waals surface area contributed by atoms with Crippen molar-refractivity contribution in [1.82, 2.24) is 25.2 Å². The third-order valence-corrected chi connectivity index (χ3v) is 2.74. The van der Waals surface area contributed by atoms with Crippen LogP contribution < -0.4 is 0 Å². The Labute approximate surface area is 110 Å². The van der Waals surface area contributed by atoms with Crippen LogP contribution >= 0.6 is 27.5 Å². The molecular formula is C9H6BrClN6. The van der Waals surface area contributed by atoms with Crippen LogP contribution in [0.5, 0.6) is 0 Å². The predicted molar refractivity (Wildman–Crippen MR) is 63.3 cm³/mol. The number of nitriles is 1. The van der Waals surface area contributed by atoms with Crippen LogP contribution in [0, 0.1) is 18.3 Å². The lowest BCUT2D eigenvalue weighted by atomic mass is 10.1. The standard InChI is InChI=1S/C9H6BrClN6/c1-5-7(2-6(3-12)8(11)13-5)4-17-15-9(10)14-16-17/h2H,4H2,1H3. The average Bonchev–Trinajstić information content (AvgIpc) is 2.68. The zero-order valence-electron chi connectivity index (χ0n) is 8.72. The van der Waals surface area contributed by atoms with Crippen molar-refractivity contribution in [2.45, 2.75) is 13.5 Å². The van der Waals surface area contributed by atoms with Crippen molar-refractivity contribution >= 4 is 27.5 Å². The molecule has 0 radical (unpaired) electrons. The fourth-order valence-electron chi connectivity index (χ4n) is 1.30. The maximum absolute atomic E-state index is 8.87. The lowest BCUT2D eigenvalue weighted by Crippen LogP contribution is -2.07. The molecule has 0 saturated heterocycles. The van der Waals surface area contributed by atoms with E-state index in [0.29, 0.717) is 16.8 Å². The molecule has 0 fully saturated rings. The Morgan fingerprint density at radius 3 is 2.94 bits per heavy atom. The van der Waals surface area contributed by atoms with E-state index in [2.05, 4.69) is 36.3 Å². The summed E-state index contributed by atoms with van der Waals surface area (Å²) in [6.07, 6.45) is 0. The quantitative estimate of drug-likeness (QED) is 0.789. The molecule has 0 spiro atoms. The number of aryl methyl sites for hydroxylation is 1. The van der Waals surface area contributed by atoms with Gasteiger partial charge in [0.2, 0.25) is 4.73 Å². The summed E-state index contributed by atoms with van der Waals surface area (Å²) in [4.78, 5) is 5.50. The van der Waals surface area contributed by atoms with Crippen molar-refractivity contribution in [3.05, 3.63) is 32.8 Å². The Balaban J connectivity index is 2.36. The van der Waals surface area contributed by atoms with Gasteiger partial charge < -0.3 is 0 Å². The zero-order chi connectivity index (χ0) is 12.4. The van der Waals surface area contributed by atoms with Crippen LogP contribution in [-0.4, -0.2) is 25.2 Å². The summed E-state index contributed by atoms with van der Waals surface area (Å²) in [5.74, 6) is 0. The van der Waals surface area contributed by atoms with Gasteiger partial charge in [-0.15, -0.1) is 10.2 Å². The summed E-state index contributed by atoms with van der Waals surface area (Å²) in [6.45, 7) is 2.21. The minimum atomic E-state index is 0.210. The van der Waals surface area contributed by atoms with Gasteiger partial charge in [0.15, 0.2) is 0 Å². The highest BCUT2D eigenvalue weighted by Gasteiger charge is 2.09. The van der Waals surface area contributed by atoms with E-state index in [1.807, 2.05) is 13.0 Å². The number of halogens is 2. The molecule has 0 amide bonds. The second kappa shape index (κ2) is 4.77. The lowest BCUT2D eigenvalue weighted by Gasteiger charge is -2.05. The van der Waals surface area contributed by atoms with Gasteiger partial charge in [-0.2, -0.15) is 10.1 Å². The largest absolute Gasteiger partial charge is 0.240 e. The molecule has 0 saturated carbocycles. The Bertz CT molecular complexity index is 602. The molecule has 0 aromatic carbocycles. The fourth-order valence-corrected chi connectivity index (χ4v) is 1.78. The van der Waals surface area contributed by atoms with Crippen LogP contribution in [0.1, 0.15) is 16.8 Å². The Morgan fingerprint density at radius 1 is 1.59 bits per heavy atom. The summed E-state index contributed by atoms with van der Waals surface area (Å²) < 4.78 is 0.414. The molecule has 0 N–H and O–H groups in total. The SMILES string of the molecule is Cc1nc(Cl)c(C#N)cc1Cn1nnc(Br)n1. The highest BCUT2D eigenvalue weighted by atomic mass is 79.9. The predicted octanol–water partition coefficient (Wildman–Crippen LogP) is 1.71. The third kappa shape index (κ3) is 2.60. The van der Waals surface area contributed by atoms with E-state index in [4.69, 9.17) is 16.9 Å². The van der Waals surface area contributed by atoms with E-state index in [1.54, 1.807) is 6.07 Å². The van der Waals surface area contributed by atoms with Crippen molar-refractivity contribution in [3.63, 3.8) is 0 Å². The van der Waals surface area contributed by atoms with Gasteiger partial charge in [0, 0.05) is 5.69 Å². The molecule has 17 heavy (non-hydrogen) atoms. The van der Waals surface area contributed by atoms with E-state index in [0.717, 1.165) is 11.3 Å². The van der Waals surface area contributed by atoms with Crippen molar-refractivity contribution in [1.29, 1.82) is 5.26 Å². The summed E-state index contributed by atoms with van der Waals surface area (Å²) in [6, 6.07) is 3.67. The van der Waals surface area contributed by atoms with Gasteiger partial charge in [0.05, 0.1) is 12.1 Å². The van der Waals surface area contributed by atoms with Gasteiger partial charge in [-0.05, 0) is 39.7 Å². The second-order valence-corrected chi connectivity index (χ2v) is 4.34. The zero-order valence-corrected chi connectivity index (χ0v) is 11.1. The monoisotopic (exact) mass is 312 g/mol. The first-order valence-electron chi connectivity index (χ1n) is 4.59. The maximum Gasteiger partial charge on any atom is 0.239 e. The molecule has 0 aliphatic heterocycles. The van der Waals surface area contributed by atoms with Gasteiger partial charge in [-0.1, -0.05) is 11.6 Å². The molecule has 2 heterocycles. The van der Waals surface area contributed by atoms with Crippen molar-refractivity contribution in [3.8, 4) is 6.07 Å². The van der Waals surface area contributed by atoms with Gasteiger partial charge in [0.25, 0.3) is 0 Å². The lowest BCUT2D eigenvalue weighted by molar-refractivity contribution is 0.568. The van der Waals surface area contributed by atoms with Gasteiger partial charge >= 0.3 is 0 Å². The van der Waals surface area contributed by atoms with Crippen molar-refractivity contribution in [2.75, 3.05) is 0 Å². The Hall–Kier alpha value is -1.52. The van der Waals surface area contributed by atoms with Gasteiger partial charge in [-0.25, -0.2) is 4.98 Å². The smallest absolute Gasteiger partial charge is 0.239 e. The average molecular weight is 314 g/mol. The van der Waals surface area contributed by atoms with Crippen LogP contribution in [0.25, 0.3) is 0 Å². The first-order chi connectivity index (χ1) is 8.10. The van der Waals surface area contributed by atoms with Crippen LogP contribution in [-0.2, 0) is 6.54 Å². The minimum Gasteiger partial charge on any atom is -0.240 e. The van der Waals surface area contributed by atoms with Crippen LogP contribution in [0.15, 0.2) is 10.8 Å². The molecule has 0 bridgehead atoms. The van der Waals surface area contributed by atoms with Crippen molar-refractivity contribution < 1.29 is 0 Å². The van der Waals surface area contributed by atoms with E-state index in [1.165, 1.54) is 4.80 Å². The molecule has 2 aromatic heterocycles. The highest BCUT2D eigenvalue weighted by molar-refractivity contribution is 9.10. The van der Waals surface area contributed by atoms with Crippen LogP contribution in [0.3, 0.4) is 0 Å². The van der Waals surface area contributed by atoms with E-state index >= 15 is 0 Å². The number of rotatable bonds is 2. The first kappa shape index (κ1) is 12.0. The molecular weight excluding hydrogens is 307 g/mol. The first-order valence-corrected chi connectivity index (χ1v) is 5.76. The molecule has 8 heteroatoms. The van der Waals surface area contributed by atoms with E-state index < -0.39 is 0 Å². The highest BCUT2D eigenvalue weighted by Crippen LogP contribution is 2.17. The van der Waals surface area contributed by atoms with Crippen LogP contribution in [0.4, 0.5) is 0 Å². The minimum absolute atomic E-state index is 0.210. The Morgan fingerprint density at radius 2 is 2.35 bits per heavy atom. The van der Waals surface area contributed by atoms with Crippen molar-refractivity contribution in [2.24, 2.45) is 0 Å². The summed E-state index contributed by atoms with van der Waals surface area (Å²) in [5.41, 5.74) is 1.91. The molecule has 6 nitrogen and oxygen atoms in total. The number of hydrogen-bond acceptors (Lipinski definition) is 5. The molecule has 2 rings (SSSR count).